The van der Waals surface area contributed by atoms with Crippen LogP contribution in [-0.2, 0) is 23.9 Å². The number of hydrogen-bond acceptors (Lipinski definition) is 6. The van der Waals surface area contributed by atoms with E-state index in [4.69, 9.17) is 9.47 Å². The van der Waals surface area contributed by atoms with Gasteiger partial charge in [0, 0.05) is 13.1 Å². The third-order valence-electron chi connectivity index (χ3n) is 7.37. The van der Waals surface area contributed by atoms with Crippen LogP contribution in [0.3, 0.4) is 0 Å². The van der Waals surface area contributed by atoms with Crippen molar-refractivity contribution < 1.29 is 28.7 Å². The van der Waals surface area contributed by atoms with Crippen molar-refractivity contribution in [3.63, 3.8) is 0 Å². The Morgan fingerprint density at radius 2 is 1.64 bits per heavy atom. The number of benzene rings is 1. The third kappa shape index (κ3) is 12.4. The van der Waals surface area contributed by atoms with Gasteiger partial charge in [0.2, 0.25) is 11.8 Å². The molecular weight excluding hydrogens is 534 g/mol. The van der Waals surface area contributed by atoms with Gasteiger partial charge in [-0.05, 0) is 70.6 Å². The Morgan fingerprint density at radius 1 is 0.976 bits per heavy atom. The maximum atomic E-state index is 14.4. The molecule has 238 valence electrons. The van der Waals surface area contributed by atoms with Crippen LogP contribution in [0.5, 0.6) is 0 Å². The normalized spacial score (nSPS) is 13.5. The van der Waals surface area contributed by atoms with Gasteiger partial charge in [0.25, 0.3) is 0 Å². The highest BCUT2D eigenvalue weighted by Crippen LogP contribution is 2.29. The lowest BCUT2D eigenvalue weighted by Crippen LogP contribution is -2.55. The number of nitrogens with one attached hydrogen (secondary N) is 2. The Hall–Kier alpha value is -3.10. The Balaban J connectivity index is 3.55. The van der Waals surface area contributed by atoms with Crippen molar-refractivity contribution in [1.82, 2.24) is 15.5 Å². The number of amides is 3. The molecule has 1 aromatic carbocycles. The predicted molar refractivity (Wildman–Crippen MR) is 166 cm³/mol. The van der Waals surface area contributed by atoms with Crippen molar-refractivity contribution in [2.45, 2.75) is 125 Å². The lowest BCUT2D eigenvalue weighted by molar-refractivity contribution is -0.145. The highest BCUT2D eigenvalue weighted by Gasteiger charge is 2.38. The molecule has 0 aliphatic rings. The number of carbonyl (C=O) groups is 4. The average molecular weight is 590 g/mol. The molecule has 3 amide bonds. The summed E-state index contributed by atoms with van der Waals surface area (Å²) in [6.45, 7) is 17.7. The summed E-state index contributed by atoms with van der Waals surface area (Å²) in [6, 6.07) is 3.89. The molecule has 1 rings (SSSR count). The molecule has 2 N–H and O–H groups in total. The third-order valence-corrected chi connectivity index (χ3v) is 7.37. The summed E-state index contributed by atoms with van der Waals surface area (Å²) in [4.78, 5) is 54.8. The molecule has 0 saturated carbocycles. The standard InChI is InChI=1S/C33H55N3O6/c1-10-13-14-15-16-22-36(31(39)28(23(4)11-2)35-32(40)42-33(7,8)9)29(26-19-17-18-24(5)25(26)6)30(38)34-21-20-27(37)41-12-3/h17-19,23,28-29H,10-16,20-22H2,1-9H3,(H,34,38)(H,35,40). The second-order valence-corrected chi connectivity index (χ2v) is 12.0. The molecule has 1 aromatic rings. The summed E-state index contributed by atoms with van der Waals surface area (Å²) in [7, 11) is 0. The van der Waals surface area contributed by atoms with Crippen LogP contribution in [0.1, 0.15) is 116 Å². The Bertz CT molecular complexity index is 1020. The highest BCUT2D eigenvalue weighted by atomic mass is 16.6. The molecule has 9 nitrogen and oxygen atoms in total. The second-order valence-electron chi connectivity index (χ2n) is 12.0. The molecule has 3 unspecified atom stereocenters. The lowest BCUT2D eigenvalue weighted by Gasteiger charge is -2.36. The summed E-state index contributed by atoms with van der Waals surface area (Å²) in [6.07, 6.45) is 4.83. The first-order chi connectivity index (χ1) is 19.8. The first kappa shape index (κ1) is 36.9. The number of hydrogen-bond donors (Lipinski definition) is 2. The molecule has 0 heterocycles. The van der Waals surface area contributed by atoms with E-state index in [1.54, 1.807) is 32.6 Å². The molecule has 9 heteroatoms. The second kappa shape index (κ2) is 18.4. The molecule has 42 heavy (non-hydrogen) atoms. The molecule has 0 fully saturated rings. The molecule has 0 saturated heterocycles. The molecule has 3 atom stereocenters. The largest absolute Gasteiger partial charge is 0.466 e. The number of carbonyl (C=O) groups excluding carboxylic acids is 4. The quantitative estimate of drug-likeness (QED) is 0.166. The molecule has 0 aliphatic heterocycles. The van der Waals surface area contributed by atoms with Crippen molar-refractivity contribution in [1.29, 1.82) is 0 Å². The van der Waals surface area contributed by atoms with E-state index in [0.717, 1.165) is 36.8 Å². The smallest absolute Gasteiger partial charge is 0.408 e. The first-order valence-corrected chi connectivity index (χ1v) is 15.6. The Kier molecular flexibility index (Phi) is 16.2. The van der Waals surface area contributed by atoms with Crippen molar-refractivity contribution in [3.05, 3.63) is 34.9 Å². The highest BCUT2D eigenvalue weighted by molar-refractivity contribution is 5.92. The van der Waals surface area contributed by atoms with Gasteiger partial charge in [-0.1, -0.05) is 71.1 Å². The van der Waals surface area contributed by atoms with E-state index in [2.05, 4.69) is 17.6 Å². The molecule has 0 radical (unpaired) electrons. The van der Waals surface area contributed by atoms with E-state index in [-0.39, 0.29) is 37.3 Å². The average Bonchev–Trinajstić information content (AvgIpc) is 2.91. The zero-order chi connectivity index (χ0) is 31.9. The van der Waals surface area contributed by atoms with Crippen LogP contribution in [0.15, 0.2) is 18.2 Å². The minimum Gasteiger partial charge on any atom is -0.466 e. The summed E-state index contributed by atoms with van der Waals surface area (Å²) >= 11 is 0. The zero-order valence-electron chi connectivity index (χ0n) is 27.4. The number of rotatable bonds is 17. The van der Waals surface area contributed by atoms with Crippen LogP contribution in [0.4, 0.5) is 4.79 Å². The predicted octanol–water partition coefficient (Wildman–Crippen LogP) is 6.15. The summed E-state index contributed by atoms with van der Waals surface area (Å²) in [5.41, 5.74) is 1.89. The van der Waals surface area contributed by atoms with Crippen LogP contribution in [0.2, 0.25) is 0 Å². The van der Waals surface area contributed by atoms with Gasteiger partial charge >= 0.3 is 12.1 Å². The van der Waals surface area contributed by atoms with E-state index in [1.165, 1.54) is 0 Å². The van der Waals surface area contributed by atoms with Gasteiger partial charge < -0.3 is 25.0 Å². The molecular formula is C33H55N3O6. The number of nitrogens with zero attached hydrogens (tertiary/aromatic N) is 1. The Morgan fingerprint density at radius 3 is 2.24 bits per heavy atom. The fourth-order valence-corrected chi connectivity index (χ4v) is 4.69. The minimum absolute atomic E-state index is 0.0275. The molecule has 0 aliphatic carbocycles. The minimum atomic E-state index is -0.947. The maximum Gasteiger partial charge on any atom is 0.408 e. The molecule has 0 aromatic heterocycles. The van der Waals surface area contributed by atoms with Crippen molar-refractivity contribution in [3.8, 4) is 0 Å². The van der Waals surface area contributed by atoms with Crippen LogP contribution in [0, 0.1) is 19.8 Å². The van der Waals surface area contributed by atoms with Crippen LogP contribution in [-0.4, -0.2) is 60.1 Å². The number of alkyl carbamates (subject to hydrolysis) is 1. The van der Waals surface area contributed by atoms with Gasteiger partial charge in [0.15, 0.2) is 0 Å². The number of ether oxygens (including phenoxy) is 2. The zero-order valence-corrected chi connectivity index (χ0v) is 27.4. The van der Waals surface area contributed by atoms with Gasteiger partial charge in [0.05, 0.1) is 13.0 Å². The number of esters is 1. The monoisotopic (exact) mass is 589 g/mol. The van der Waals surface area contributed by atoms with Crippen LogP contribution < -0.4 is 10.6 Å². The number of unbranched alkanes of at least 4 members (excludes halogenated alkanes) is 4. The van der Waals surface area contributed by atoms with E-state index in [1.807, 2.05) is 45.9 Å². The van der Waals surface area contributed by atoms with Crippen molar-refractivity contribution in [2.24, 2.45) is 5.92 Å². The van der Waals surface area contributed by atoms with E-state index < -0.39 is 29.7 Å². The van der Waals surface area contributed by atoms with Gasteiger partial charge in [-0.2, -0.15) is 0 Å². The lowest BCUT2D eigenvalue weighted by atomic mass is 9.92. The van der Waals surface area contributed by atoms with Gasteiger partial charge in [-0.15, -0.1) is 0 Å². The van der Waals surface area contributed by atoms with E-state index >= 15 is 0 Å². The first-order valence-electron chi connectivity index (χ1n) is 15.6. The van der Waals surface area contributed by atoms with Crippen molar-refractivity contribution in [2.75, 3.05) is 19.7 Å². The maximum absolute atomic E-state index is 14.4. The van der Waals surface area contributed by atoms with Gasteiger partial charge in [-0.3, -0.25) is 14.4 Å². The molecule has 0 bridgehead atoms. The van der Waals surface area contributed by atoms with Gasteiger partial charge in [0.1, 0.15) is 17.7 Å². The SMILES string of the molecule is CCCCCCCN(C(=O)C(NC(=O)OC(C)(C)C)C(C)CC)C(C(=O)NCCC(=O)OCC)c1cccc(C)c1C. The summed E-state index contributed by atoms with van der Waals surface area (Å²) in [5.74, 6) is -1.32. The van der Waals surface area contributed by atoms with E-state index in [9.17, 15) is 19.2 Å². The van der Waals surface area contributed by atoms with Crippen molar-refractivity contribution >= 4 is 23.9 Å². The fourth-order valence-electron chi connectivity index (χ4n) is 4.69. The molecule has 0 spiro atoms. The van der Waals surface area contributed by atoms with Gasteiger partial charge in [-0.25, -0.2) is 4.79 Å². The summed E-state index contributed by atoms with van der Waals surface area (Å²) < 4.78 is 10.5. The fraction of sp³-hybridized carbons (Fsp3) is 0.697. The Labute approximate surface area is 253 Å². The number of aryl methyl sites for hydroxylation is 1. The summed E-state index contributed by atoms with van der Waals surface area (Å²) in [5, 5.41) is 5.68. The van der Waals surface area contributed by atoms with Crippen LogP contribution >= 0.6 is 0 Å². The van der Waals surface area contributed by atoms with Crippen LogP contribution in [0.25, 0.3) is 0 Å². The van der Waals surface area contributed by atoms with E-state index in [0.29, 0.717) is 24.9 Å². The topological polar surface area (TPSA) is 114 Å².